The van der Waals surface area contributed by atoms with Gasteiger partial charge in [-0.3, -0.25) is 4.79 Å². The van der Waals surface area contributed by atoms with Crippen molar-refractivity contribution in [2.75, 3.05) is 13.2 Å². The molecule has 1 atom stereocenters. The Bertz CT molecular complexity index is 1030. The highest BCUT2D eigenvalue weighted by Crippen LogP contribution is 2.26. The summed E-state index contributed by atoms with van der Waals surface area (Å²) in [5.74, 6) is 1.92. The number of hydrogen-bond acceptors (Lipinski definition) is 6. The number of nitrogens with one attached hydrogen (secondary N) is 1. The smallest absolute Gasteiger partial charge is 0.220 e. The molecular weight excluding hydrogens is 436 g/mol. The van der Waals surface area contributed by atoms with Gasteiger partial charge in [-0.05, 0) is 48.9 Å². The van der Waals surface area contributed by atoms with Crippen LogP contribution in [0.1, 0.15) is 12.8 Å². The van der Waals surface area contributed by atoms with Crippen molar-refractivity contribution in [1.82, 2.24) is 20.1 Å². The predicted octanol–water partition coefficient (Wildman–Crippen LogP) is 4.12. The van der Waals surface area contributed by atoms with Gasteiger partial charge in [-0.1, -0.05) is 13.1 Å². The van der Waals surface area contributed by atoms with E-state index in [1.807, 2.05) is 41.1 Å². The van der Waals surface area contributed by atoms with E-state index < -0.39 is 0 Å². The fourth-order valence-electron chi connectivity index (χ4n) is 3.42. The zero-order valence-electron chi connectivity index (χ0n) is 19.0. The monoisotopic (exact) mass is 465 g/mol. The average Bonchev–Trinajstić information content (AvgIpc) is 3.28. The molecule has 1 N–H and O–H groups in total. The number of ether oxygens (including phenoxy) is 3. The normalized spacial score (nSPS) is 16.0. The molecule has 33 heavy (non-hydrogen) atoms. The van der Waals surface area contributed by atoms with Crippen molar-refractivity contribution in [3.05, 3.63) is 54.9 Å². The first-order chi connectivity index (χ1) is 16.1. The van der Waals surface area contributed by atoms with Crippen LogP contribution >= 0.6 is 0 Å². The standard InChI is InChI=1S/C24H29N4O4Si/c1-33(2)14-13-30-17-28-22(11-12-27-28)18-3-5-19(6-4-18)31-20-8-10-24(26-16-20)32-21-7-9-23(29)25-15-21/h3-6,8,10-12,16,21H,7,9,13-15,17H2,1-2H3,(H,25,29)/t21-/m1/s1. The molecule has 0 unspecified atom stereocenters. The minimum absolute atomic E-state index is 0.0510. The summed E-state index contributed by atoms with van der Waals surface area (Å²) in [5, 5.41) is 7.18. The van der Waals surface area contributed by atoms with Crippen LogP contribution in [-0.2, 0) is 16.3 Å². The summed E-state index contributed by atoms with van der Waals surface area (Å²) in [7, 11) is -0.272. The topological polar surface area (TPSA) is 87.5 Å². The number of benzene rings is 1. The summed E-state index contributed by atoms with van der Waals surface area (Å²) in [6.45, 7) is 6.30. The van der Waals surface area contributed by atoms with E-state index in [0.717, 1.165) is 23.9 Å². The van der Waals surface area contributed by atoms with Crippen LogP contribution in [0.15, 0.2) is 54.9 Å². The van der Waals surface area contributed by atoms with Crippen molar-refractivity contribution in [3.8, 4) is 28.6 Å². The highest BCUT2D eigenvalue weighted by molar-refractivity contribution is 6.55. The van der Waals surface area contributed by atoms with Gasteiger partial charge in [0.15, 0.2) is 0 Å². The number of carbonyl (C=O) groups is 1. The van der Waals surface area contributed by atoms with Crippen LogP contribution in [0.5, 0.6) is 17.4 Å². The van der Waals surface area contributed by atoms with Gasteiger partial charge < -0.3 is 19.5 Å². The lowest BCUT2D eigenvalue weighted by molar-refractivity contribution is -0.123. The van der Waals surface area contributed by atoms with Crippen LogP contribution in [0.4, 0.5) is 0 Å². The average molecular weight is 466 g/mol. The van der Waals surface area contributed by atoms with Gasteiger partial charge in [0.1, 0.15) is 24.3 Å². The molecule has 0 bridgehead atoms. The van der Waals surface area contributed by atoms with Gasteiger partial charge in [-0.15, -0.1) is 0 Å². The molecule has 1 fully saturated rings. The molecule has 1 saturated heterocycles. The van der Waals surface area contributed by atoms with E-state index in [0.29, 0.717) is 43.5 Å². The lowest BCUT2D eigenvalue weighted by atomic mass is 10.1. The van der Waals surface area contributed by atoms with E-state index in [2.05, 4.69) is 28.5 Å². The van der Waals surface area contributed by atoms with Crippen LogP contribution < -0.4 is 14.8 Å². The van der Waals surface area contributed by atoms with Crippen molar-refractivity contribution in [2.45, 2.75) is 44.8 Å². The predicted molar refractivity (Wildman–Crippen MR) is 127 cm³/mol. The summed E-state index contributed by atoms with van der Waals surface area (Å²) >= 11 is 0. The lowest BCUT2D eigenvalue weighted by Crippen LogP contribution is -2.40. The lowest BCUT2D eigenvalue weighted by Gasteiger charge is -2.22. The number of pyridine rings is 1. The van der Waals surface area contributed by atoms with Gasteiger partial charge >= 0.3 is 0 Å². The van der Waals surface area contributed by atoms with Crippen molar-refractivity contribution >= 4 is 14.7 Å². The first kappa shape index (κ1) is 23.0. The maximum atomic E-state index is 11.2. The number of carbonyl (C=O) groups excluding carboxylic acids is 1. The number of hydrogen-bond donors (Lipinski definition) is 1. The molecule has 9 heteroatoms. The summed E-state index contributed by atoms with van der Waals surface area (Å²) in [5.41, 5.74) is 2.04. The van der Waals surface area contributed by atoms with Gasteiger partial charge in [0.25, 0.3) is 0 Å². The highest BCUT2D eigenvalue weighted by atomic mass is 28.3. The SMILES string of the molecule is C[Si](C)CCOCn1nccc1-c1ccc(Oc2ccc(O[C@@H]3CCC(=O)NC3)nc2)cc1. The molecule has 3 aromatic rings. The highest BCUT2D eigenvalue weighted by Gasteiger charge is 2.19. The second-order valence-electron chi connectivity index (χ2n) is 8.25. The Hall–Kier alpha value is -3.17. The number of amides is 1. The second-order valence-corrected chi connectivity index (χ2v) is 11.2. The van der Waals surface area contributed by atoms with Gasteiger partial charge in [0.05, 0.1) is 18.4 Å². The molecule has 3 heterocycles. The van der Waals surface area contributed by atoms with Gasteiger partial charge in [-0.25, -0.2) is 9.67 Å². The number of aromatic nitrogens is 3. The van der Waals surface area contributed by atoms with Crippen molar-refractivity contribution < 1.29 is 19.0 Å². The summed E-state index contributed by atoms with van der Waals surface area (Å²) in [4.78, 5) is 15.6. The number of piperidine rings is 1. The molecule has 1 aromatic carbocycles. The van der Waals surface area contributed by atoms with E-state index in [1.54, 1.807) is 18.5 Å². The quantitative estimate of drug-likeness (QED) is 0.358. The number of nitrogens with zero attached hydrogens (tertiary/aromatic N) is 3. The third-order valence-electron chi connectivity index (χ3n) is 5.28. The molecule has 1 amide bonds. The van der Waals surface area contributed by atoms with Crippen LogP contribution in [0.2, 0.25) is 19.1 Å². The zero-order valence-corrected chi connectivity index (χ0v) is 20.0. The molecule has 0 saturated carbocycles. The fourth-order valence-corrected chi connectivity index (χ4v) is 3.97. The molecular formula is C24H29N4O4Si. The first-order valence-corrected chi connectivity index (χ1v) is 13.8. The van der Waals surface area contributed by atoms with Crippen LogP contribution in [0, 0.1) is 0 Å². The van der Waals surface area contributed by atoms with E-state index in [1.165, 1.54) is 0 Å². The third-order valence-corrected chi connectivity index (χ3v) is 6.48. The Morgan fingerprint density at radius 2 is 1.94 bits per heavy atom. The van der Waals surface area contributed by atoms with Crippen molar-refractivity contribution in [3.63, 3.8) is 0 Å². The molecule has 4 rings (SSSR count). The first-order valence-electron chi connectivity index (χ1n) is 11.1. The van der Waals surface area contributed by atoms with Crippen LogP contribution in [-0.4, -0.2) is 48.7 Å². The van der Waals surface area contributed by atoms with Gasteiger partial charge in [-0.2, -0.15) is 5.10 Å². The zero-order chi connectivity index (χ0) is 23.0. The Morgan fingerprint density at radius 1 is 1.12 bits per heavy atom. The van der Waals surface area contributed by atoms with Gasteiger partial charge in [0, 0.05) is 39.7 Å². The van der Waals surface area contributed by atoms with Crippen LogP contribution in [0.25, 0.3) is 11.3 Å². The molecule has 1 aliphatic rings. The van der Waals surface area contributed by atoms with E-state index >= 15 is 0 Å². The molecule has 0 spiro atoms. The summed E-state index contributed by atoms with van der Waals surface area (Å²) < 4.78 is 19.4. The van der Waals surface area contributed by atoms with E-state index in [4.69, 9.17) is 14.2 Å². The largest absolute Gasteiger partial charge is 0.472 e. The Labute approximate surface area is 195 Å². The Balaban J connectivity index is 1.31. The molecule has 2 aromatic heterocycles. The second kappa shape index (κ2) is 11.1. The molecule has 1 aliphatic heterocycles. The van der Waals surface area contributed by atoms with Gasteiger partial charge in [0.2, 0.25) is 11.8 Å². The van der Waals surface area contributed by atoms with Crippen molar-refractivity contribution in [1.29, 1.82) is 0 Å². The maximum Gasteiger partial charge on any atom is 0.220 e. The maximum absolute atomic E-state index is 11.2. The Kier molecular flexibility index (Phi) is 7.74. The minimum Gasteiger partial charge on any atom is -0.472 e. The number of rotatable bonds is 10. The van der Waals surface area contributed by atoms with Crippen molar-refractivity contribution in [2.24, 2.45) is 0 Å². The minimum atomic E-state index is -0.272. The summed E-state index contributed by atoms with van der Waals surface area (Å²) in [6, 6.07) is 14.6. The summed E-state index contributed by atoms with van der Waals surface area (Å²) in [6.07, 6.45) is 4.55. The Morgan fingerprint density at radius 3 is 2.64 bits per heavy atom. The van der Waals surface area contributed by atoms with E-state index in [9.17, 15) is 4.79 Å². The van der Waals surface area contributed by atoms with E-state index in [-0.39, 0.29) is 20.8 Å². The fraction of sp³-hybridized carbons (Fsp3) is 0.375. The molecule has 173 valence electrons. The molecule has 8 nitrogen and oxygen atoms in total. The molecule has 0 aliphatic carbocycles. The third kappa shape index (κ3) is 6.66. The molecule has 1 radical (unpaired) electrons. The van der Waals surface area contributed by atoms with Crippen LogP contribution in [0.3, 0.4) is 0 Å².